The molecule has 0 radical (unpaired) electrons. The topological polar surface area (TPSA) is 18.5 Å². The van der Waals surface area contributed by atoms with Gasteiger partial charge in [0.15, 0.2) is 0 Å². The third-order valence-electron chi connectivity index (χ3n) is 4.24. The summed E-state index contributed by atoms with van der Waals surface area (Å²) in [5.41, 5.74) is 2.63. The molecule has 124 valence electrons. The van der Waals surface area contributed by atoms with Gasteiger partial charge in [-0.25, -0.2) is 0 Å². The standard InChI is InChI=1S/C21H28O2/c1-4-18(5-2)16-19-8-12-21(13-9-19)23-15-14-22-20-10-6-17(3)7-11-20/h6-13,18H,4-5,14-16H2,1-3H3. The zero-order chi connectivity index (χ0) is 16.5. The van der Waals surface area contributed by atoms with Crippen molar-refractivity contribution in [1.29, 1.82) is 0 Å². The number of rotatable bonds is 9. The Balaban J connectivity index is 1.72. The summed E-state index contributed by atoms with van der Waals surface area (Å²) >= 11 is 0. The molecular weight excluding hydrogens is 284 g/mol. The highest BCUT2D eigenvalue weighted by Crippen LogP contribution is 2.18. The van der Waals surface area contributed by atoms with Gasteiger partial charge in [-0.1, -0.05) is 56.5 Å². The summed E-state index contributed by atoms with van der Waals surface area (Å²) in [6, 6.07) is 16.5. The van der Waals surface area contributed by atoms with E-state index >= 15 is 0 Å². The lowest BCUT2D eigenvalue weighted by atomic mass is 9.95. The lowest BCUT2D eigenvalue weighted by Gasteiger charge is -2.13. The maximum absolute atomic E-state index is 5.74. The molecule has 2 nitrogen and oxygen atoms in total. The molecule has 0 aliphatic carbocycles. The normalized spacial score (nSPS) is 10.8. The molecule has 0 unspecified atom stereocenters. The Morgan fingerprint density at radius 2 is 1.22 bits per heavy atom. The number of hydrogen-bond acceptors (Lipinski definition) is 2. The Bertz CT molecular complexity index is 553. The first-order valence-corrected chi connectivity index (χ1v) is 8.62. The van der Waals surface area contributed by atoms with Crippen LogP contribution in [0, 0.1) is 12.8 Å². The second kappa shape index (κ2) is 9.24. The van der Waals surface area contributed by atoms with Gasteiger partial charge in [0.25, 0.3) is 0 Å². The number of hydrogen-bond donors (Lipinski definition) is 0. The van der Waals surface area contributed by atoms with Gasteiger partial charge in [0.2, 0.25) is 0 Å². The van der Waals surface area contributed by atoms with E-state index in [0.717, 1.165) is 23.8 Å². The van der Waals surface area contributed by atoms with Crippen LogP contribution in [-0.4, -0.2) is 13.2 Å². The Morgan fingerprint density at radius 3 is 1.70 bits per heavy atom. The van der Waals surface area contributed by atoms with Gasteiger partial charge in [-0.05, 0) is 49.1 Å². The summed E-state index contributed by atoms with van der Waals surface area (Å²) in [4.78, 5) is 0. The van der Waals surface area contributed by atoms with Crippen molar-refractivity contribution in [3.05, 3.63) is 59.7 Å². The fourth-order valence-electron chi connectivity index (χ4n) is 2.59. The van der Waals surface area contributed by atoms with Crippen molar-refractivity contribution in [3.8, 4) is 11.5 Å². The third kappa shape index (κ3) is 5.97. The minimum atomic E-state index is 0.554. The Labute approximate surface area is 140 Å². The van der Waals surface area contributed by atoms with Crippen molar-refractivity contribution in [2.45, 2.75) is 40.0 Å². The molecule has 0 fully saturated rings. The smallest absolute Gasteiger partial charge is 0.122 e. The largest absolute Gasteiger partial charge is 0.490 e. The van der Waals surface area contributed by atoms with Gasteiger partial charge in [0.1, 0.15) is 24.7 Å². The van der Waals surface area contributed by atoms with Gasteiger partial charge in [-0.2, -0.15) is 0 Å². The fraction of sp³-hybridized carbons (Fsp3) is 0.429. The van der Waals surface area contributed by atoms with E-state index in [9.17, 15) is 0 Å². The molecule has 2 heteroatoms. The molecule has 2 aromatic rings. The first kappa shape index (κ1) is 17.4. The van der Waals surface area contributed by atoms with Crippen molar-refractivity contribution in [1.82, 2.24) is 0 Å². The highest BCUT2D eigenvalue weighted by atomic mass is 16.5. The average molecular weight is 312 g/mol. The first-order chi connectivity index (χ1) is 11.2. The Hall–Kier alpha value is -1.96. The van der Waals surface area contributed by atoms with Crippen molar-refractivity contribution in [2.24, 2.45) is 5.92 Å². The van der Waals surface area contributed by atoms with Crippen LogP contribution in [0.3, 0.4) is 0 Å². The van der Waals surface area contributed by atoms with E-state index < -0.39 is 0 Å². The zero-order valence-corrected chi connectivity index (χ0v) is 14.5. The first-order valence-electron chi connectivity index (χ1n) is 8.62. The molecule has 0 aromatic heterocycles. The molecule has 0 atom stereocenters. The molecule has 0 saturated heterocycles. The van der Waals surface area contributed by atoms with Gasteiger partial charge in [0.05, 0.1) is 0 Å². The predicted octanol–water partition coefficient (Wildman–Crippen LogP) is 5.43. The molecule has 2 aromatic carbocycles. The molecule has 0 saturated carbocycles. The summed E-state index contributed by atoms with van der Waals surface area (Å²) in [5, 5.41) is 0. The summed E-state index contributed by atoms with van der Waals surface area (Å²) in [6.45, 7) is 7.71. The van der Waals surface area contributed by atoms with Crippen LogP contribution >= 0.6 is 0 Å². The van der Waals surface area contributed by atoms with E-state index in [0.29, 0.717) is 13.2 Å². The van der Waals surface area contributed by atoms with Crippen LogP contribution in [-0.2, 0) is 6.42 Å². The van der Waals surface area contributed by atoms with Crippen LogP contribution < -0.4 is 9.47 Å². The minimum Gasteiger partial charge on any atom is -0.490 e. The van der Waals surface area contributed by atoms with E-state index in [4.69, 9.17) is 9.47 Å². The predicted molar refractivity (Wildman–Crippen MR) is 96.4 cm³/mol. The lowest BCUT2D eigenvalue weighted by molar-refractivity contribution is 0.217. The highest BCUT2D eigenvalue weighted by molar-refractivity contribution is 5.28. The van der Waals surface area contributed by atoms with E-state index in [-0.39, 0.29) is 0 Å². The summed E-state index contributed by atoms with van der Waals surface area (Å²) in [6.07, 6.45) is 3.64. The van der Waals surface area contributed by atoms with Crippen molar-refractivity contribution < 1.29 is 9.47 Å². The van der Waals surface area contributed by atoms with Gasteiger partial charge in [-0.3, -0.25) is 0 Å². The van der Waals surface area contributed by atoms with Crippen LogP contribution in [0.4, 0.5) is 0 Å². The van der Waals surface area contributed by atoms with E-state index in [1.165, 1.54) is 24.0 Å². The van der Waals surface area contributed by atoms with Crippen LogP contribution in [0.25, 0.3) is 0 Å². The van der Waals surface area contributed by atoms with Crippen LogP contribution in [0.15, 0.2) is 48.5 Å². The van der Waals surface area contributed by atoms with E-state index in [1.807, 2.05) is 12.1 Å². The zero-order valence-electron chi connectivity index (χ0n) is 14.5. The molecular formula is C21H28O2. The second-order valence-corrected chi connectivity index (χ2v) is 6.04. The maximum atomic E-state index is 5.74. The van der Waals surface area contributed by atoms with E-state index in [1.54, 1.807) is 0 Å². The highest BCUT2D eigenvalue weighted by Gasteiger charge is 2.05. The van der Waals surface area contributed by atoms with E-state index in [2.05, 4.69) is 57.2 Å². The molecule has 0 amide bonds. The summed E-state index contributed by atoms with van der Waals surface area (Å²) < 4.78 is 11.4. The molecule has 0 spiro atoms. The quantitative estimate of drug-likeness (QED) is 0.575. The molecule has 0 aliphatic rings. The monoisotopic (exact) mass is 312 g/mol. The Morgan fingerprint density at radius 1 is 0.739 bits per heavy atom. The summed E-state index contributed by atoms with van der Waals surface area (Å²) in [7, 11) is 0. The molecule has 0 heterocycles. The SMILES string of the molecule is CCC(CC)Cc1ccc(OCCOc2ccc(C)cc2)cc1. The number of aryl methyl sites for hydroxylation is 1. The maximum Gasteiger partial charge on any atom is 0.122 e. The molecule has 0 bridgehead atoms. The molecule has 0 N–H and O–H groups in total. The molecule has 0 aliphatic heterocycles. The van der Waals surface area contributed by atoms with Crippen LogP contribution in [0.1, 0.15) is 37.8 Å². The molecule has 23 heavy (non-hydrogen) atoms. The molecule has 2 rings (SSSR count). The second-order valence-electron chi connectivity index (χ2n) is 6.04. The minimum absolute atomic E-state index is 0.554. The number of benzene rings is 2. The van der Waals surface area contributed by atoms with Gasteiger partial charge in [-0.15, -0.1) is 0 Å². The third-order valence-corrected chi connectivity index (χ3v) is 4.24. The van der Waals surface area contributed by atoms with Crippen molar-refractivity contribution in [3.63, 3.8) is 0 Å². The Kier molecular flexibility index (Phi) is 6.99. The van der Waals surface area contributed by atoms with Crippen LogP contribution in [0.5, 0.6) is 11.5 Å². The van der Waals surface area contributed by atoms with Gasteiger partial charge in [0, 0.05) is 0 Å². The fourth-order valence-corrected chi connectivity index (χ4v) is 2.59. The average Bonchev–Trinajstić information content (AvgIpc) is 2.59. The van der Waals surface area contributed by atoms with Gasteiger partial charge < -0.3 is 9.47 Å². The summed E-state index contributed by atoms with van der Waals surface area (Å²) in [5.74, 6) is 2.58. The van der Waals surface area contributed by atoms with Crippen LogP contribution in [0.2, 0.25) is 0 Å². The van der Waals surface area contributed by atoms with Crippen molar-refractivity contribution >= 4 is 0 Å². The lowest BCUT2D eigenvalue weighted by Crippen LogP contribution is -2.09. The van der Waals surface area contributed by atoms with Crippen molar-refractivity contribution in [2.75, 3.05) is 13.2 Å². The van der Waals surface area contributed by atoms with Gasteiger partial charge >= 0.3 is 0 Å². The number of ether oxygens (including phenoxy) is 2.